The monoisotopic (exact) mass is 337 g/mol. The number of anilines is 1. The molecule has 1 heterocycles. The van der Waals surface area contributed by atoms with E-state index in [1.54, 1.807) is 30.3 Å². The lowest BCUT2D eigenvalue weighted by molar-refractivity contribution is 0.324. The molecule has 3 N–H and O–H groups in total. The number of nitriles is 1. The van der Waals surface area contributed by atoms with Crippen molar-refractivity contribution in [2.75, 3.05) is 5.73 Å². The molecule has 4 nitrogen and oxygen atoms in total. The normalized spacial score (nSPS) is 14.5. The average Bonchev–Trinajstić information content (AvgIpc) is 2.82. The number of halogens is 1. The van der Waals surface area contributed by atoms with Gasteiger partial charge in [-0.1, -0.05) is 17.7 Å². The predicted molar refractivity (Wildman–Crippen MR) is 96.1 cm³/mol. The van der Waals surface area contributed by atoms with Gasteiger partial charge in [0.25, 0.3) is 0 Å². The van der Waals surface area contributed by atoms with Gasteiger partial charge in [0.05, 0.1) is 27.5 Å². The maximum atomic E-state index is 9.92. The SMILES string of the molecule is N#Cc1c(-c2ccc(N)c(Cl)c2)n(C2CCC2)c2cc(O)ccc12. The second-order valence-electron chi connectivity index (χ2n) is 6.23. The third-order valence-electron chi connectivity index (χ3n) is 4.81. The van der Waals surface area contributed by atoms with Crippen LogP contribution in [0, 0.1) is 11.3 Å². The van der Waals surface area contributed by atoms with E-state index in [-0.39, 0.29) is 5.75 Å². The highest BCUT2D eigenvalue weighted by molar-refractivity contribution is 6.33. The molecular formula is C19H16ClN3O. The van der Waals surface area contributed by atoms with Gasteiger partial charge in [-0.2, -0.15) is 5.26 Å². The Morgan fingerprint density at radius 1 is 1.21 bits per heavy atom. The van der Waals surface area contributed by atoms with Crippen LogP contribution in [0.5, 0.6) is 5.75 Å². The fourth-order valence-electron chi connectivity index (χ4n) is 3.39. The summed E-state index contributed by atoms with van der Waals surface area (Å²) in [5, 5.41) is 21.0. The van der Waals surface area contributed by atoms with Crippen molar-refractivity contribution in [3.63, 3.8) is 0 Å². The van der Waals surface area contributed by atoms with Crippen LogP contribution in [0.1, 0.15) is 30.9 Å². The zero-order valence-corrected chi connectivity index (χ0v) is 13.7. The highest BCUT2D eigenvalue weighted by Gasteiger charge is 2.28. The Morgan fingerprint density at radius 2 is 2.00 bits per heavy atom. The number of aromatic hydroxyl groups is 1. The summed E-state index contributed by atoms with van der Waals surface area (Å²) in [7, 11) is 0. The second kappa shape index (κ2) is 5.47. The molecule has 0 amide bonds. The predicted octanol–water partition coefficient (Wildman–Crippen LogP) is 4.85. The van der Waals surface area contributed by atoms with Crippen molar-refractivity contribution in [2.24, 2.45) is 0 Å². The van der Waals surface area contributed by atoms with E-state index in [4.69, 9.17) is 17.3 Å². The molecule has 1 aliphatic rings. The lowest BCUT2D eigenvalue weighted by atomic mass is 9.92. The third kappa shape index (κ3) is 2.13. The second-order valence-corrected chi connectivity index (χ2v) is 6.64. The first-order valence-electron chi connectivity index (χ1n) is 7.92. The number of fused-ring (bicyclic) bond motifs is 1. The summed E-state index contributed by atoms with van der Waals surface area (Å²) in [6.07, 6.45) is 3.31. The Morgan fingerprint density at radius 3 is 2.62 bits per heavy atom. The number of nitrogens with zero attached hydrogens (tertiary/aromatic N) is 2. The zero-order valence-electron chi connectivity index (χ0n) is 13.0. The van der Waals surface area contributed by atoms with Crippen molar-refractivity contribution < 1.29 is 5.11 Å². The Hall–Kier alpha value is -2.64. The summed E-state index contributed by atoms with van der Waals surface area (Å²) in [6.45, 7) is 0. The van der Waals surface area contributed by atoms with E-state index in [9.17, 15) is 10.4 Å². The molecule has 4 rings (SSSR count). The van der Waals surface area contributed by atoms with E-state index in [0.717, 1.165) is 35.0 Å². The van der Waals surface area contributed by atoms with Gasteiger partial charge in [-0.05, 0) is 43.5 Å². The van der Waals surface area contributed by atoms with E-state index in [1.807, 2.05) is 6.07 Å². The largest absolute Gasteiger partial charge is 0.508 e. The number of hydrogen-bond donors (Lipinski definition) is 2. The summed E-state index contributed by atoms with van der Waals surface area (Å²) in [6, 6.07) is 13.3. The first kappa shape index (κ1) is 14.9. The zero-order chi connectivity index (χ0) is 16.8. The molecule has 120 valence electrons. The van der Waals surface area contributed by atoms with Crippen molar-refractivity contribution >= 4 is 28.2 Å². The molecule has 0 spiro atoms. The average molecular weight is 338 g/mol. The Labute approximate surface area is 144 Å². The molecule has 3 aromatic rings. The van der Waals surface area contributed by atoms with E-state index >= 15 is 0 Å². The topological polar surface area (TPSA) is 75.0 Å². The van der Waals surface area contributed by atoms with Crippen LogP contribution < -0.4 is 5.73 Å². The van der Waals surface area contributed by atoms with Gasteiger partial charge in [0.15, 0.2) is 0 Å². The number of phenols is 1. The molecule has 0 radical (unpaired) electrons. The highest BCUT2D eigenvalue weighted by atomic mass is 35.5. The molecule has 0 bridgehead atoms. The smallest absolute Gasteiger partial charge is 0.117 e. The number of hydrogen-bond acceptors (Lipinski definition) is 3. The van der Waals surface area contributed by atoms with Gasteiger partial charge in [0.2, 0.25) is 0 Å². The molecule has 5 heteroatoms. The number of benzene rings is 2. The summed E-state index contributed by atoms with van der Waals surface area (Å²) >= 11 is 6.21. The Balaban J connectivity index is 2.09. The van der Waals surface area contributed by atoms with Gasteiger partial charge in [0, 0.05) is 23.1 Å². The summed E-state index contributed by atoms with van der Waals surface area (Å²) in [5.74, 6) is 0.201. The van der Waals surface area contributed by atoms with E-state index in [2.05, 4.69) is 10.6 Å². The molecule has 2 aromatic carbocycles. The molecule has 0 saturated heterocycles. The van der Waals surface area contributed by atoms with Crippen molar-refractivity contribution in [1.29, 1.82) is 5.26 Å². The molecule has 1 aliphatic carbocycles. The molecule has 1 fully saturated rings. The molecule has 1 saturated carbocycles. The van der Waals surface area contributed by atoms with Crippen LogP contribution in [0.4, 0.5) is 5.69 Å². The standard InChI is InChI=1S/C19H16ClN3O/c20-16-8-11(4-7-17(16)22)19-15(10-21)14-6-5-13(24)9-18(14)23(19)12-2-1-3-12/h4-9,12,24H,1-3,22H2. The van der Waals surface area contributed by atoms with E-state index in [0.29, 0.717) is 22.3 Å². The van der Waals surface area contributed by atoms with Crippen molar-refractivity contribution in [3.05, 3.63) is 47.0 Å². The van der Waals surface area contributed by atoms with Crippen molar-refractivity contribution in [3.8, 4) is 23.1 Å². The maximum absolute atomic E-state index is 9.92. The Kier molecular flexibility index (Phi) is 3.40. The van der Waals surface area contributed by atoms with Crippen LogP contribution in [-0.4, -0.2) is 9.67 Å². The molecule has 24 heavy (non-hydrogen) atoms. The van der Waals surface area contributed by atoms with Crippen LogP contribution in [0.25, 0.3) is 22.2 Å². The van der Waals surface area contributed by atoms with Crippen LogP contribution in [0.2, 0.25) is 5.02 Å². The van der Waals surface area contributed by atoms with Gasteiger partial charge in [-0.3, -0.25) is 0 Å². The maximum Gasteiger partial charge on any atom is 0.117 e. The Bertz CT molecular complexity index is 996. The van der Waals surface area contributed by atoms with Crippen molar-refractivity contribution in [2.45, 2.75) is 25.3 Å². The fourth-order valence-corrected chi connectivity index (χ4v) is 3.57. The van der Waals surface area contributed by atoms with Crippen molar-refractivity contribution in [1.82, 2.24) is 4.57 Å². The third-order valence-corrected chi connectivity index (χ3v) is 5.14. The quantitative estimate of drug-likeness (QED) is 0.656. The number of phenolic OH excluding ortho intramolecular Hbond substituents is 1. The molecule has 0 aliphatic heterocycles. The minimum atomic E-state index is 0.201. The van der Waals surface area contributed by atoms with Gasteiger partial charge >= 0.3 is 0 Å². The molecule has 0 unspecified atom stereocenters. The van der Waals surface area contributed by atoms with Gasteiger partial charge in [-0.15, -0.1) is 0 Å². The van der Waals surface area contributed by atoms with Gasteiger partial charge < -0.3 is 15.4 Å². The summed E-state index contributed by atoms with van der Waals surface area (Å²) < 4.78 is 2.18. The van der Waals surface area contributed by atoms with Gasteiger partial charge in [0.1, 0.15) is 11.8 Å². The molecule has 0 atom stereocenters. The van der Waals surface area contributed by atoms with Gasteiger partial charge in [-0.25, -0.2) is 0 Å². The lowest BCUT2D eigenvalue weighted by Gasteiger charge is -2.30. The summed E-state index contributed by atoms with van der Waals surface area (Å²) in [4.78, 5) is 0. The van der Waals surface area contributed by atoms with Crippen LogP contribution in [-0.2, 0) is 0 Å². The van der Waals surface area contributed by atoms with E-state index < -0.39 is 0 Å². The first-order chi connectivity index (χ1) is 11.6. The summed E-state index contributed by atoms with van der Waals surface area (Å²) in [5.41, 5.74) is 9.56. The number of rotatable bonds is 2. The lowest BCUT2D eigenvalue weighted by Crippen LogP contribution is -2.17. The van der Waals surface area contributed by atoms with E-state index in [1.165, 1.54) is 6.42 Å². The fraction of sp³-hybridized carbons (Fsp3) is 0.211. The number of nitrogen functional groups attached to an aromatic ring is 1. The molecular weight excluding hydrogens is 322 g/mol. The minimum Gasteiger partial charge on any atom is -0.508 e. The highest BCUT2D eigenvalue weighted by Crippen LogP contribution is 2.43. The van der Waals surface area contributed by atoms with Crippen LogP contribution in [0.15, 0.2) is 36.4 Å². The molecule has 1 aromatic heterocycles. The number of nitrogens with two attached hydrogens (primary N) is 1. The van der Waals surface area contributed by atoms with Crippen LogP contribution >= 0.6 is 11.6 Å². The minimum absolute atomic E-state index is 0.201. The number of aromatic nitrogens is 1. The first-order valence-corrected chi connectivity index (χ1v) is 8.30. The van der Waals surface area contributed by atoms with Crippen LogP contribution in [0.3, 0.4) is 0 Å².